The Balaban J connectivity index is 2.04. The number of rotatable bonds is 5. The Morgan fingerprint density at radius 2 is 2.42 bits per heavy atom. The highest BCUT2D eigenvalue weighted by molar-refractivity contribution is 8.00. The topological polar surface area (TPSA) is 56.0 Å². The Labute approximate surface area is 116 Å². The Morgan fingerprint density at radius 1 is 1.63 bits per heavy atom. The third-order valence-corrected chi connectivity index (χ3v) is 4.93. The Kier molecular flexibility index (Phi) is 4.33. The maximum Gasteiger partial charge on any atom is 0.143 e. The van der Waals surface area contributed by atoms with Gasteiger partial charge in [0.15, 0.2) is 0 Å². The fourth-order valence-corrected chi connectivity index (χ4v) is 3.47. The average molecular weight is 280 g/mol. The fourth-order valence-electron chi connectivity index (χ4n) is 2.27. The molecule has 0 aromatic heterocycles. The smallest absolute Gasteiger partial charge is 0.143 e. The lowest BCUT2D eigenvalue weighted by atomic mass is 9.79. The van der Waals surface area contributed by atoms with Gasteiger partial charge in [-0.3, -0.25) is 0 Å². The first kappa shape index (κ1) is 14.2. The molecule has 2 N–H and O–H groups in total. The van der Waals surface area contributed by atoms with Crippen molar-refractivity contribution in [3.05, 3.63) is 29.6 Å². The van der Waals surface area contributed by atoms with Gasteiger partial charge in [0.25, 0.3) is 0 Å². The number of hydrogen-bond acceptors (Lipinski definition) is 4. The van der Waals surface area contributed by atoms with E-state index in [1.807, 2.05) is 6.07 Å². The Hall–Kier alpha value is -1.25. The molecular weight excluding hydrogens is 263 g/mol. The van der Waals surface area contributed by atoms with E-state index < -0.39 is 11.4 Å². The quantitative estimate of drug-likeness (QED) is 0.871. The first-order chi connectivity index (χ1) is 9.10. The number of nitriles is 1. The zero-order valence-electron chi connectivity index (χ0n) is 10.8. The number of aliphatic hydroxyl groups is 1. The van der Waals surface area contributed by atoms with Gasteiger partial charge in [0.05, 0.1) is 11.3 Å². The Morgan fingerprint density at radius 3 is 3.00 bits per heavy atom. The minimum absolute atomic E-state index is 0.00474. The largest absolute Gasteiger partial charge is 0.387 e. The highest BCUT2D eigenvalue weighted by atomic mass is 32.2. The van der Waals surface area contributed by atoms with Gasteiger partial charge in [-0.05, 0) is 30.7 Å². The number of benzene rings is 1. The summed E-state index contributed by atoms with van der Waals surface area (Å²) in [7, 11) is 0. The first-order valence-electron chi connectivity index (χ1n) is 6.37. The van der Waals surface area contributed by atoms with Crippen LogP contribution < -0.4 is 5.32 Å². The van der Waals surface area contributed by atoms with E-state index in [4.69, 9.17) is 5.26 Å². The van der Waals surface area contributed by atoms with Crippen LogP contribution in [-0.4, -0.2) is 28.3 Å². The summed E-state index contributed by atoms with van der Waals surface area (Å²) in [5.41, 5.74) is -0.298. The molecule has 1 aromatic carbocycles. The van der Waals surface area contributed by atoms with Gasteiger partial charge in [0, 0.05) is 11.8 Å². The molecule has 19 heavy (non-hydrogen) atoms. The van der Waals surface area contributed by atoms with Crippen LogP contribution in [0, 0.1) is 17.1 Å². The molecule has 0 radical (unpaired) electrons. The van der Waals surface area contributed by atoms with Crippen LogP contribution in [0.4, 0.5) is 10.1 Å². The van der Waals surface area contributed by atoms with E-state index in [2.05, 4.69) is 12.2 Å². The standard InChI is InChI=1S/C14H17FN2OS/c1-2-19-13-6-7-14(13,18)9-17-12-5-3-4-11(15)10(12)8-16/h3-5,13,17-18H,2,6-7,9H2,1H3. The van der Waals surface area contributed by atoms with Gasteiger partial charge in [0.1, 0.15) is 17.4 Å². The van der Waals surface area contributed by atoms with Crippen molar-refractivity contribution in [2.75, 3.05) is 17.6 Å². The van der Waals surface area contributed by atoms with Gasteiger partial charge in [0.2, 0.25) is 0 Å². The van der Waals surface area contributed by atoms with Gasteiger partial charge in [-0.2, -0.15) is 17.0 Å². The van der Waals surface area contributed by atoms with E-state index in [0.29, 0.717) is 12.2 Å². The summed E-state index contributed by atoms with van der Waals surface area (Å²) in [6, 6.07) is 6.33. The lowest BCUT2D eigenvalue weighted by molar-refractivity contribution is -0.0120. The van der Waals surface area contributed by atoms with Gasteiger partial charge in [-0.15, -0.1) is 0 Å². The number of anilines is 1. The number of nitrogens with zero attached hydrogens (tertiary/aromatic N) is 1. The molecule has 1 saturated carbocycles. The van der Waals surface area contributed by atoms with E-state index in [0.717, 1.165) is 18.6 Å². The van der Waals surface area contributed by atoms with Crippen molar-refractivity contribution in [3.8, 4) is 6.07 Å². The van der Waals surface area contributed by atoms with Crippen LogP contribution in [0.15, 0.2) is 18.2 Å². The molecule has 2 unspecified atom stereocenters. The highest BCUT2D eigenvalue weighted by Crippen LogP contribution is 2.41. The number of halogens is 1. The van der Waals surface area contributed by atoms with Crippen LogP contribution >= 0.6 is 11.8 Å². The third kappa shape index (κ3) is 2.85. The van der Waals surface area contributed by atoms with Crippen molar-refractivity contribution in [1.29, 1.82) is 5.26 Å². The predicted octanol–water partition coefficient (Wildman–Crippen LogP) is 2.76. The summed E-state index contributed by atoms with van der Waals surface area (Å²) in [6.07, 6.45) is 1.75. The molecule has 1 aromatic rings. The molecule has 2 rings (SSSR count). The van der Waals surface area contributed by atoms with Crippen LogP contribution in [0.5, 0.6) is 0 Å². The van der Waals surface area contributed by atoms with Crippen molar-refractivity contribution in [2.24, 2.45) is 0 Å². The maximum absolute atomic E-state index is 13.4. The lowest BCUT2D eigenvalue weighted by Crippen LogP contribution is -2.54. The highest BCUT2D eigenvalue weighted by Gasteiger charge is 2.45. The summed E-state index contributed by atoms with van der Waals surface area (Å²) in [6.45, 7) is 2.42. The molecule has 1 aliphatic carbocycles. The normalized spacial score (nSPS) is 25.5. The molecule has 1 fully saturated rings. The number of nitrogens with one attached hydrogen (secondary N) is 1. The van der Waals surface area contributed by atoms with Crippen LogP contribution in [0.1, 0.15) is 25.3 Å². The van der Waals surface area contributed by atoms with Crippen molar-refractivity contribution in [2.45, 2.75) is 30.6 Å². The minimum atomic E-state index is -0.750. The van der Waals surface area contributed by atoms with Crippen molar-refractivity contribution in [1.82, 2.24) is 0 Å². The van der Waals surface area contributed by atoms with Gasteiger partial charge in [-0.1, -0.05) is 13.0 Å². The van der Waals surface area contributed by atoms with Crippen LogP contribution in [0.25, 0.3) is 0 Å². The summed E-state index contributed by atoms with van der Waals surface area (Å²) >= 11 is 1.74. The molecule has 0 bridgehead atoms. The maximum atomic E-state index is 13.4. The van der Waals surface area contributed by atoms with Gasteiger partial charge >= 0.3 is 0 Å². The average Bonchev–Trinajstić information content (AvgIpc) is 2.41. The molecule has 0 aliphatic heterocycles. The second-order valence-electron chi connectivity index (χ2n) is 4.71. The molecular formula is C14H17FN2OS. The van der Waals surface area contributed by atoms with E-state index in [1.54, 1.807) is 23.9 Å². The SMILES string of the molecule is CCSC1CCC1(O)CNc1cccc(F)c1C#N. The second kappa shape index (κ2) is 5.81. The van der Waals surface area contributed by atoms with E-state index in [-0.39, 0.29) is 10.8 Å². The van der Waals surface area contributed by atoms with Crippen LogP contribution in [0.3, 0.4) is 0 Å². The van der Waals surface area contributed by atoms with Crippen molar-refractivity contribution >= 4 is 17.4 Å². The van der Waals surface area contributed by atoms with E-state index in [9.17, 15) is 9.50 Å². The predicted molar refractivity (Wildman–Crippen MR) is 75.7 cm³/mol. The van der Waals surface area contributed by atoms with Crippen molar-refractivity contribution < 1.29 is 9.50 Å². The van der Waals surface area contributed by atoms with Gasteiger partial charge in [-0.25, -0.2) is 4.39 Å². The minimum Gasteiger partial charge on any atom is -0.387 e. The van der Waals surface area contributed by atoms with Crippen LogP contribution in [0.2, 0.25) is 0 Å². The first-order valence-corrected chi connectivity index (χ1v) is 7.42. The second-order valence-corrected chi connectivity index (χ2v) is 6.19. The summed E-state index contributed by atoms with van der Waals surface area (Å²) in [4.78, 5) is 0. The molecule has 1 aliphatic rings. The Bertz CT molecular complexity index is 503. The van der Waals surface area contributed by atoms with E-state index in [1.165, 1.54) is 6.07 Å². The number of thioether (sulfide) groups is 1. The molecule has 0 spiro atoms. The molecule has 2 atom stereocenters. The monoisotopic (exact) mass is 280 g/mol. The zero-order valence-corrected chi connectivity index (χ0v) is 11.6. The molecule has 0 heterocycles. The molecule has 0 amide bonds. The van der Waals surface area contributed by atoms with E-state index >= 15 is 0 Å². The molecule has 5 heteroatoms. The third-order valence-electron chi connectivity index (χ3n) is 3.52. The summed E-state index contributed by atoms with van der Waals surface area (Å²) in [5.74, 6) is 0.434. The zero-order chi connectivity index (χ0) is 13.9. The summed E-state index contributed by atoms with van der Waals surface area (Å²) in [5, 5.41) is 22.6. The van der Waals surface area contributed by atoms with Gasteiger partial charge < -0.3 is 10.4 Å². The van der Waals surface area contributed by atoms with Crippen LogP contribution in [-0.2, 0) is 0 Å². The molecule has 0 saturated heterocycles. The molecule has 102 valence electrons. The number of hydrogen-bond donors (Lipinski definition) is 2. The fraction of sp³-hybridized carbons (Fsp3) is 0.500. The summed E-state index contributed by atoms with van der Waals surface area (Å²) < 4.78 is 13.4. The lowest BCUT2D eigenvalue weighted by Gasteiger charge is -2.45. The van der Waals surface area contributed by atoms with Crippen molar-refractivity contribution in [3.63, 3.8) is 0 Å². The molecule has 3 nitrogen and oxygen atoms in total.